The molecule has 0 spiro atoms. The summed E-state index contributed by atoms with van der Waals surface area (Å²) in [5.74, 6) is 0.305. The Bertz CT molecular complexity index is 371. The van der Waals surface area contributed by atoms with E-state index in [9.17, 15) is 4.39 Å². The van der Waals surface area contributed by atoms with Crippen molar-refractivity contribution >= 4 is 15.9 Å². The monoisotopic (exact) mass is 285 g/mol. The highest BCUT2D eigenvalue weighted by atomic mass is 79.9. The molecule has 1 aromatic carbocycles. The highest BCUT2D eigenvalue weighted by molar-refractivity contribution is 9.10. The van der Waals surface area contributed by atoms with Crippen molar-refractivity contribution in [2.45, 2.75) is 32.6 Å². The van der Waals surface area contributed by atoms with Crippen LogP contribution in [0.1, 0.15) is 35.4 Å². The summed E-state index contributed by atoms with van der Waals surface area (Å²) in [6, 6.07) is 1.87. The summed E-state index contributed by atoms with van der Waals surface area (Å²) in [5, 5.41) is 3.34. The maximum Gasteiger partial charge on any atom is 0.129 e. The molecule has 1 fully saturated rings. The summed E-state index contributed by atoms with van der Waals surface area (Å²) in [6.45, 7) is 5.79. The van der Waals surface area contributed by atoms with Crippen molar-refractivity contribution in [3.8, 4) is 0 Å². The Labute approximate surface area is 105 Å². The predicted octanol–water partition coefficient (Wildman–Crippen LogP) is 3.67. The van der Waals surface area contributed by atoms with Crippen molar-refractivity contribution in [1.82, 2.24) is 5.32 Å². The van der Waals surface area contributed by atoms with Crippen molar-refractivity contribution in [2.24, 2.45) is 0 Å². The number of hydrogen-bond acceptors (Lipinski definition) is 1. The third-order valence-corrected chi connectivity index (χ3v) is 4.22. The van der Waals surface area contributed by atoms with E-state index in [1.54, 1.807) is 0 Å². The van der Waals surface area contributed by atoms with Crippen LogP contribution in [0.25, 0.3) is 0 Å². The first-order valence-corrected chi connectivity index (χ1v) is 6.56. The van der Waals surface area contributed by atoms with Crippen LogP contribution in [-0.4, -0.2) is 13.1 Å². The van der Waals surface area contributed by atoms with Gasteiger partial charge in [-0.05, 0) is 61.9 Å². The molecule has 1 saturated heterocycles. The van der Waals surface area contributed by atoms with Gasteiger partial charge in [0.25, 0.3) is 0 Å². The summed E-state index contributed by atoms with van der Waals surface area (Å²) in [7, 11) is 0. The largest absolute Gasteiger partial charge is 0.316 e. The van der Waals surface area contributed by atoms with Gasteiger partial charge in [0.15, 0.2) is 0 Å². The zero-order chi connectivity index (χ0) is 11.7. The van der Waals surface area contributed by atoms with Gasteiger partial charge in [-0.3, -0.25) is 0 Å². The lowest BCUT2D eigenvalue weighted by Crippen LogP contribution is -2.29. The van der Waals surface area contributed by atoms with Gasteiger partial charge in [-0.1, -0.05) is 15.9 Å². The molecule has 1 aliphatic heterocycles. The van der Waals surface area contributed by atoms with E-state index in [0.717, 1.165) is 47.1 Å². The van der Waals surface area contributed by atoms with Gasteiger partial charge >= 0.3 is 0 Å². The Hall–Kier alpha value is -0.410. The molecule has 1 heterocycles. The third kappa shape index (κ3) is 2.16. The number of halogens is 2. The van der Waals surface area contributed by atoms with Crippen molar-refractivity contribution in [2.75, 3.05) is 13.1 Å². The lowest BCUT2D eigenvalue weighted by Gasteiger charge is -2.26. The van der Waals surface area contributed by atoms with Crippen LogP contribution in [0.5, 0.6) is 0 Å². The normalized spacial score (nSPS) is 21.1. The van der Waals surface area contributed by atoms with Crippen molar-refractivity contribution in [3.05, 3.63) is 33.0 Å². The molecule has 0 bridgehead atoms. The summed E-state index contributed by atoms with van der Waals surface area (Å²) >= 11 is 3.51. The second kappa shape index (κ2) is 4.84. The van der Waals surface area contributed by atoms with Crippen molar-refractivity contribution in [1.29, 1.82) is 0 Å². The fourth-order valence-corrected chi connectivity index (χ4v) is 3.01. The molecule has 0 saturated carbocycles. The van der Waals surface area contributed by atoms with Crippen LogP contribution < -0.4 is 5.32 Å². The van der Waals surface area contributed by atoms with Crippen LogP contribution in [0.3, 0.4) is 0 Å². The topological polar surface area (TPSA) is 12.0 Å². The molecule has 2 rings (SSSR count). The van der Waals surface area contributed by atoms with Crippen LogP contribution in [0.15, 0.2) is 10.5 Å². The minimum absolute atomic E-state index is 0.0191. The first kappa shape index (κ1) is 12.1. The summed E-state index contributed by atoms with van der Waals surface area (Å²) in [4.78, 5) is 0. The molecule has 88 valence electrons. The Morgan fingerprint density at radius 1 is 1.44 bits per heavy atom. The van der Waals surface area contributed by atoms with E-state index in [4.69, 9.17) is 0 Å². The maximum absolute atomic E-state index is 14.2. The number of nitrogens with one attached hydrogen (secondary N) is 1. The molecule has 3 heteroatoms. The Balaban J connectivity index is 2.45. The fraction of sp³-hybridized carbons (Fsp3) is 0.538. The molecule has 1 nitrogen and oxygen atoms in total. The zero-order valence-corrected chi connectivity index (χ0v) is 11.3. The third-order valence-electron chi connectivity index (χ3n) is 3.39. The molecule has 1 N–H and O–H groups in total. The van der Waals surface area contributed by atoms with E-state index < -0.39 is 0 Å². The van der Waals surface area contributed by atoms with Gasteiger partial charge < -0.3 is 5.32 Å². The van der Waals surface area contributed by atoms with Crippen LogP contribution in [0, 0.1) is 19.7 Å². The van der Waals surface area contributed by atoms with Crippen molar-refractivity contribution in [3.63, 3.8) is 0 Å². The minimum Gasteiger partial charge on any atom is -0.316 e. The summed E-state index contributed by atoms with van der Waals surface area (Å²) < 4.78 is 15.2. The summed E-state index contributed by atoms with van der Waals surface area (Å²) in [5.41, 5.74) is 2.69. The van der Waals surface area contributed by atoms with Crippen LogP contribution in [-0.2, 0) is 0 Å². The van der Waals surface area contributed by atoms with Crippen molar-refractivity contribution < 1.29 is 4.39 Å². The fourth-order valence-electron chi connectivity index (χ4n) is 2.45. The van der Waals surface area contributed by atoms with Crippen LogP contribution in [0.4, 0.5) is 4.39 Å². The Morgan fingerprint density at radius 3 is 2.81 bits per heavy atom. The number of rotatable bonds is 1. The molecule has 1 aliphatic rings. The number of hydrogen-bond donors (Lipinski definition) is 1. The van der Waals surface area contributed by atoms with E-state index in [-0.39, 0.29) is 5.82 Å². The van der Waals surface area contributed by atoms with E-state index >= 15 is 0 Å². The standard InChI is InChI=1S/C13H17BrFN/c1-8-6-11(14)9(2)12(13(8)15)10-4-3-5-16-7-10/h6,10,16H,3-5,7H2,1-2H3. The molecule has 0 radical (unpaired) electrons. The second-order valence-corrected chi connectivity index (χ2v) is 5.43. The minimum atomic E-state index is -0.0191. The first-order chi connectivity index (χ1) is 7.61. The van der Waals surface area contributed by atoms with Gasteiger partial charge in [0.1, 0.15) is 5.82 Å². The lowest BCUT2D eigenvalue weighted by molar-refractivity contribution is 0.443. The van der Waals surface area contributed by atoms with Gasteiger partial charge in [-0.2, -0.15) is 0 Å². The maximum atomic E-state index is 14.2. The average Bonchev–Trinajstić information content (AvgIpc) is 2.28. The lowest BCUT2D eigenvalue weighted by atomic mass is 9.87. The van der Waals surface area contributed by atoms with Gasteiger partial charge in [0.2, 0.25) is 0 Å². The SMILES string of the molecule is Cc1cc(Br)c(C)c(C2CCCNC2)c1F. The van der Waals surface area contributed by atoms with Gasteiger partial charge in [-0.25, -0.2) is 4.39 Å². The first-order valence-electron chi connectivity index (χ1n) is 5.77. The molecule has 0 amide bonds. The molecule has 16 heavy (non-hydrogen) atoms. The summed E-state index contributed by atoms with van der Waals surface area (Å²) in [6.07, 6.45) is 2.22. The number of benzene rings is 1. The van der Waals surface area contributed by atoms with Crippen LogP contribution in [0.2, 0.25) is 0 Å². The van der Waals surface area contributed by atoms with E-state index in [1.165, 1.54) is 0 Å². The molecule has 0 aliphatic carbocycles. The molecular weight excluding hydrogens is 269 g/mol. The zero-order valence-electron chi connectivity index (χ0n) is 9.74. The Kier molecular flexibility index (Phi) is 3.65. The molecule has 1 aromatic rings. The molecular formula is C13H17BrFN. The van der Waals surface area contributed by atoms with Gasteiger partial charge in [0.05, 0.1) is 0 Å². The van der Waals surface area contributed by atoms with E-state index in [0.29, 0.717) is 5.92 Å². The second-order valence-electron chi connectivity index (χ2n) is 4.57. The molecule has 0 aromatic heterocycles. The highest BCUT2D eigenvalue weighted by Crippen LogP contribution is 2.33. The van der Waals surface area contributed by atoms with Gasteiger partial charge in [0, 0.05) is 11.0 Å². The smallest absolute Gasteiger partial charge is 0.129 e. The molecule has 1 unspecified atom stereocenters. The number of aryl methyl sites for hydroxylation is 1. The Morgan fingerprint density at radius 2 is 2.19 bits per heavy atom. The quantitative estimate of drug-likeness (QED) is 0.830. The predicted molar refractivity (Wildman–Crippen MR) is 68.4 cm³/mol. The molecule has 1 atom stereocenters. The van der Waals surface area contributed by atoms with E-state index in [1.807, 2.05) is 19.9 Å². The highest BCUT2D eigenvalue weighted by Gasteiger charge is 2.22. The van der Waals surface area contributed by atoms with E-state index in [2.05, 4.69) is 21.2 Å². The average molecular weight is 286 g/mol. The van der Waals surface area contributed by atoms with Gasteiger partial charge in [-0.15, -0.1) is 0 Å². The number of piperidine rings is 1. The van der Waals surface area contributed by atoms with Crippen LogP contribution >= 0.6 is 15.9 Å².